The number of aryl methyl sites for hydroxylation is 1. The molecule has 0 amide bonds. The summed E-state index contributed by atoms with van der Waals surface area (Å²) in [6.07, 6.45) is 3.67. The fourth-order valence-electron chi connectivity index (χ4n) is 0.728. The second kappa shape index (κ2) is 4.17. The molecule has 1 rings (SSSR count). The molecule has 0 aromatic carbocycles. The van der Waals surface area contributed by atoms with Crippen molar-refractivity contribution in [1.82, 2.24) is 9.55 Å². The summed E-state index contributed by atoms with van der Waals surface area (Å²) in [5, 5.41) is 9.51. The van der Waals surface area contributed by atoms with Crippen molar-refractivity contribution in [2.24, 2.45) is 13.0 Å². The molecular formula is C8H11N3S. The monoisotopic (exact) mass is 181 g/mol. The molecule has 0 aliphatic carbocycles. The Bertz CT molecular complexity index is 287. The minimum atomic E-state index is 0.0895. The van der Waals surface area contributed by atoms with E-state index in [2.05, 4.69) is 11.1 Å². The number of hydrogen-bond donors (Lipinski definition) is 0. The molecule has 0 bridgehead atoms. The highest BCUT2D eigenvalue weighted by atomic mass is 32.2. The van der Waals surface area contributed by atoms with Gasteiger partial charge in [-0.3, -0.25) is 0 Å². The second-order valence-corrected chi connectivity index (χ2v) is 3.65. The summed E-state index contributed by atoms with van der Waals surface area (Å²) >= 11 is 1.62. The summed E-state index contributed by atoms with van der Waals surface area (Å²) in [4.78, 5) is 4.14. The van der Waals surface area contributed by atoms with Crippen LogP contribution in [-0.2, 0) is 7.05 Å². The lowest BCUT2D eigenvalue weighted by Crippen LogP contribution is -1.96. The van der Waals surface area contributed by atoms with Gasteiger partial charge in [0, 0.05) is 25.2 Å². The van der Waals surface area contributed by atoms with Crippen molar-refractivity contribution in [2.45, 2.75) is 12.1 Å². The lowest BCUT2D eigenvalue weighted by Gasteiger charge is -2.01. The zero-order chi connectivity index (χ0) is 8.97. The van der Waals surface area contributed by atoms with E-state index in [0.29, 0.717) is 0 Å². The molecule has 0 aliphatic heterocycles. The summed E-state index contributed by atoms with van der Waals surface area (Å²) < 4.78 is 1.95. The molecule has 0 saturated carbocycles. The standard InChI is InChI=1S/C8H11N3S/c1-7(5-9)6-12-8-10-3-4-11(8)2/h3-4,7H,6H2,1-2H3. The van der Waals surface area contributed by atoms with Gasteiger partial charge in [0.2, 0.25) is 0 Å². The SMILES string of the molecule is CC(C#N)CSc1nccn1C. The third kappa shape index (κ3) is 2.28. The van der Waals surface area contributed by atoms with Crippen molar-refractivity contribution < 1.29 is 0 Å². The van der Waals surface area contributed by atoms with E-state index in [-0.39, 0.29) is 5.92 Å². The van der Waals surface area contributed by atoms with Gasteiger partial charge < -0.3 is 4.57 Å². The van der Waals surface area contributed by atoms with Gasteiger partial charge in [0.25, 0.3) is 0 Å². The van der Waals surface area contributed by atoms with Gasteiger partial charge in [0.15, 0.2) is 5.16 Å². The van der Waals surface area contributed by atoms with Gasteiger partial charge >= 0.3 is 0 Å². The van der Waals surface area contributed by atoms with Crippen LogP contribution in [0.15, 0.2) is 17.6 Å². The normalized spacial score (nSPS) is 12.4. The van der Waals surface area contributed by atoms with E-state index < -0.39 is 0 Å². The minimum Gasteiger partial charge on any atom is -0.329 e. The van der Waals surface area contributed by atoms with Gasteiger partial charge in [-0.25, -0.2) is 4.98 Å². The molecule has 1 unspecified atom stereocenters. The van der Waals surface area contributed by atoms with Crippen molar-refractivity contribution in [3.8, 4) is 6.07 Å². The van der Waals surface area contributed by atoms with Gasteiger partial charge in [-0.15, -0.1) is 0 Å². The van der Waals surface area contributed by atoms with E-state index in [1.54, 1.807) is 18.0 Å². The number of thioether (sulfide) groups is 1. The van der Waals surface area contributed by atoms with Crippen LogP contribution in [-0.4, -0.2) is 15.3 Å². The average molecular weight is 181 g/mol. The fraction of sp³-hybridized carbons (Fsp3) is 0.500. The number of nitrogens with zero attached hydrogens (tertiary/aromatic N) is 3. The average Bonchev–Trinajstić information content (AvgIpc) is 2.47. The topological polar surface area (TPSA) is 41.6 Å². The maximum absolute atomic E-state index is 8.54. The molecule has 0 fully saturated rings. The van der Waals surface area contributed by atoms with Gasteiger partial charge in [0.05, 0.1) is 12.0 Å². The third-order valence-electron chi connectivity index (χ3n) is 1.46. The Morgan fingerprint density at radius 1 is 1.83 bits per heavy atom. The molecule has 3 nitrogen and oxygen atoms in total. The van der Waals surface area contributed by atoms with Crippen molar-refractivity contribution in [3.63, 3.8) is 0 Å². The summed E-state index contributed by atoms with van der Waals surface area (Å²) in [5.74, 6) is 0.896. The molecule has 1 atom stereocenters. The molecular weight excluding hydrogens is 170 g/mol. The van der Waals surface area contributed by atoms with Crippen LogP contribution in [0.3, 0.4) is 0 Å². The molecule has 0 saturated heterocycles. The fourth-order valence-corrected chi connectivity index (χ4v) is 1.60. The molecule has 0 N–H and O–H groups in total. The van der Waals surface area contributed by atoms with Crippen LogP contribution in [0.4, 0.5) is 0 Å². The maximum Gasteiger partial charge on any atom is 0.167 e. The number of nitriles is 1. The Balaban J connectivity index is 2.44. The third-order valence-corrected chi connectivity index (χ3v) is 2.78. The molecule has 4 heteroatoms. The van der Waals surface area contributed by atoms with Crippen LogP contribution in [0.25, 0.3) is 0 Å². The molecule has 12 heavy (non-hydrogen) atoms. The highest BCUT2D eigenvalue weighted by Gasteiger charge is 2.03. The first-order chi connectivity index (χ1) is 5.74. The highest BCUT2D eigenvalue weighted by molar-refractivity contribution is 7.99. The minimum absolute atomic E-state index is 0.0895. The molecule has 1 heterocycles. The van der Waals surface area contributed by atoms with E-state index in [9.17, 15) is 0 Å². The largest absolute Gasteiger partial charge is 0.329 e. The van der Waals surface area contributed by atoms with Crippen LogP contribution < -0.4 is 0 Å². The van der Waals surface area contributed by atoms with E-state index >= 15 is 0 Å². The first kappa shape index (κ1) is 9.14. The number of rotatable bonds is 3. The predicted molar refractivity (Wildman–Crippen MR) is 48.7 cm³/mol. The zero-order valence-corrected chi connectivity index (χ0v) is 8.01. The Morgan fingerprint density at radius 2 is 2.58 bits per heavy atom. The molecule has 0 aliphatic rings. The van der Waals surface area contributed by atoms with Gasteiger partial charge in [-0.05, 0) is 6.92 Å². The first-order valence-electron chi connectivity index (χ1n) is 3.73. The quantitative estimate of drug-likeness (QED) is 0.666. The van der Waals surface area contributed by atoms with Crippen LogP contribution in [0.2, 0.25) is 0 Å². The molecule has 1 aromatic rings. The number of aromatic nitrogens is 2. The summed E-state index contributed by atoms with van der Waals surface area (Å²) in [6.45, 7) is 1.91. The number of imidazole rings is 1. The van der Waals surface area contributed by atoms with Crippen molar-refractivity contribution >= 4 is 11.8 Å². The predicted octanol–water partition coefficient (Wildman–Crippen LogP) is 1.67. The van der Waals surface area contributed by atoms with E-state index in [0.717, 1.165) is 10.9 Å². The van der Waals surface area contributed by atoms with Crippen molar-refractivity contribution in [2.75, 3.05) is 5.75 Å². The second-order valence-electron chi connectivity index (χ2n) is 2.66. The Hall–Kier alpha value is -0.950. The van der Waals surface area contributed by atoms with Crippen molar-refractivity contribution in [1.29, 1.82) is 5.26 Å². The van der Waals surface area contributed by atoms with E-state index in [4.69, 9.17) is 5.26 Å². The number of hydrogen-bond acceptors (Lipinski definition) is 3. The highest BCUT2D eigenvalue weighted by Crippen LogP contribution is 2.17. The zero-order valence-electron chi connectivity index (χ0n) is 7.19. The van der Waals surface area contributed by atoms with E-state index in [1.807, 2.05) is 24.7 Å². The lowest BCUT2D eigenvalue weighted by atomic mass is 10.3. The van der Waals surface area contributed by atoms with Crippen molar-refractivity contribution in [3.05, 3.63) is 12.4 Å². The first-order valence-corrected chi connectivity index (χ1v) is 4.72. The molecule has 64 valence electrons. The molecule has 0 spiro atoms. The van der Waals surface area contributed by atoms with E-state index in [1.165, 1.54) is 0 Å². The summed E-state index contributed by atoms with van der Waals surface area (Å²) in [7, 11) is 1.95. The Kier molecular flexibility index (Phi) is 3.18. The lowest BCUT2D eigenvalue weighted by molar-refractivity contribution is 0.783. The maximum atomic E-state index is 8.54. The molecule has 0 radical (unpaired) electrons. The van der Waals surface area contributed by atoms with Crippen LogP contribution >= 0.6 is 11.8 Å². The summed E-state index contributed by atoms with van der Waals surface area (Å²) in [5.41, 5.74) is 0. The molecule has 1 aromatic heterocycles. The Labute approximate surface area is 76.4 Å². The smallest absolute Gasteiger partial charge is 0.167 e. The van der Waals surface area contributed by atoms with Gasteiger partial charge in [0.1, 0.15) is 0 Å². The van der Waals surface area contributed by atoms with Gasteiger partial charge in [-0.1, -0.05) is 11.8 Å². The van der Waals surface area contributed by atoms with Gasteiger partial charge in [-0.2, -0.15) is 5.26 Å². The van der Waals surface area contributed by atoms with Crippen LogP contribution in [0.5, 0.6) is 0 Å². The van der Waals surface area contributed by atoms with Crippen LogP contribution in [0.1, 0.15) is 6.92 Å². The Morgan fingerprint density at radius 3 is 3.08 bits per heavy atom. The summed E-state index contributed by atoms with van der Waals surface area (Å²) in [6, 6.07) is 2.19. The van der Waals surface area contributed by atoms with Crippen LogP contribution in [0, 0.1) is 17.2 Å².